The van der Waals surface area contributed by atoms with Crippen LogP contribution in [-0.2, 0) is 6.54 Å². The molecule has 0 fully saturated rings. The van der Waals surface area contributed by atoms with Crippen molar-refractivity contribution >= 4 is 6.01 Å². The van der Waals surface area contributed by atoms with Crippen LogP contribution in [0.15, 0.2) is 4.42 Å². The largest absolute Gasteiger partial charge is 0.407 e. The third-order valence-corrected chi connectivity index (χ3v) is 1.71. The molecule has 0 amide bonds. The third kappa shape index (κ3) is 1.73. The quantitative estimate of drug-likeness (QED) is 0.710. The van der Waals surface area contributed by atoms with Gasteiger partial charge in [0.15, 0.2) is 0 Å². The van der Waals surface area contributed by atoms with Crippen molar-refractivity contribution in [1.82, 2.24) is 10.2 Å². The van der Waals surface area contributed by atoms with Crippen LogP contribution in [0, 0.1) is 0 Å². The summed E-state index contributed by atoms with van der Waals surface area (Å²) in [5, 5.41) is 7.59. The van der Waals surface area contributed by atoms with E-state index in [1.54, 1.807) is 0 Å². The first-order chi connectivity index (χ1) is 5.65. The smallest absolute Gasteiger partial charge is 0.318 e. The van der Waals surface area contributed by atoms with Crippen LogP contribution in [-0.4, -0.2) is 23.3 Å². The molecule has 1 rings (SSSR count). The molecule has 0 spiro atoms. The maximum absolute atomic E-state index is 5.32. The van der Waals surface area contributed by atoms with Crippen LogP contribution in [0.5, 0.6) is 0 Å². The number of aromatic nitrogens is 2. The summed E-state index contributed by atoms with van der Waals surface area (Å²) in [4.78, 5) is 1.90. The molecular weight excluding hydrogens is 156 g/mol. The van der Waals surface area contributed by atoms with Gasteiger partial charge in [0.25, 0.3) is 0 Å². The molecule has 0 aliphatic rings. The summed E-state index contributed by atoms with van der Waals surface area (Å²) in [7, 11) is 1.90. The molecule has 0 unspecified atom stereocenters. The van der Waals surface area contributed by atoms with Gasteiger partial charge in [-0.15, -0.1) is 5.10 Å². The Bertz CT molecular complexity index is 245. The molecule has 0 aromatic carbocycles. The maximum atomic E-state index is 5.32. The van der Waals surface area contributed by atoms with Crippen LogP contribution < -0.4 is 10.6 Å². The molecule has 0 radical (unpaired) electrons. The lowest BCUT2D eigenvalue weighted by Crippen LogP contribution is -2.25. The van der Waals surface area contributed by atoms with Gasteiger partial charge in [-0.05, 0) is 13.8 Å². The highest BCUT2D eigenvalue weighted by atomic mass is 16.4. The highest BCUT2D eigenvalue weighted by Crippen LogP contribution is 2.11. The molecule has 1 aromatic rings. The minimum atomic E-state index is 0.291. The molecule has 0 aliphatic heterocycles. The van der Waals surface area contributed by atoms with Gasteiger partial charge in [0.05, 0.1) is 6.54 Å². The summed E-state index contributed by atoms with van der Waals surface area (Å²) in [6.45, 7) is 4.39. The van der Waals surface area contributed by atoms with E-state index in [4.69, 9.17) is 10.2 Å². The van der Waals surface area contributed by atoms with E-state index in [2.05, 4.69) is 10.2 Å². The Balaban J connectivity index is 2.74. The van der Waals surface area contributed by atoms with Gasteiger partial charge in [-0.2, -0.15) is 0 Å². The minimum absolute atomic E-state index is 0.291. The number of rotatable bonds is 3. The van der Waals surface area contributed by atoms with Crippen LogP contribution in [0.4, 0.5) is 6.01 Å². The van der Waals surface area contributed by atoms with Gasteiger partial charge in [-0.3, -0.25) is 0 Å². The monoisotopic (exact) mass is 170 g/mol. The summed E-state index contributed by atoms with van der Waals surface area (Å²) in [5.74, 6) is 0.470. The summed E-state index contributed by atoms with van der Waals surface area (Å²) < 4.78 is 5.23. The molecule has 68 valence electrons. The fourth-order valence-electron chi connectivity index (χ4n) is 0.691. The molecule has 5 nitrogen and oxygen atoms in total. The highest BCUT2D eigenvalue weighted by molar-refractivity contribution is 5.23. The topological polar surface area (TPSA) is 68.2 Å². The molecule has 12 heavy (non-hydrogen) atoms. The van der Waals surface area contributed by atoms with Gasteiger partial charge in [0.2, 0.25) is 5.89 Å². The van der Waals surface area contributed by atoms with E-state index in [-0.39, 0.29) is 0 Å². The number of nitrogens with two attached hydrogens (primary N) is 1. The van der Waals surface area contributed by atoms with Crippen molar-refractivity contribution in [2.45, 2.75) is 26.4 Å². The van der Waals surface area contributed by atoms with E-state index >= 15 is 0 Å². The van der Waals surface area contributed by atoms with Crippen LogP contribution in [0.3, 0.4) is 0 Å². The summed E-state index contributed by atoms with van der Waals surface area (Å²) >= 11 is 0. The van der Waals surface area contributed by atoms with E-state index in [1.807, 2.05) is 25.8 Å². The molecular formula is C7H14N4O. The van der Waals surface area contributed by atoms with Gasteiger partial charge in [0, 0.05) is 13.1 Å². The fraction of sp³-hybridized carbons (Fsp3) is 0.714. The lowest BCUT2D eigenvalue weighted by Gasteiger charge is -2.17. The Morgan fingerprint density at radius 1 is 1.50 bits per heavy atom. The first-order valence-corrected chi connectivity index (χ1v) is 3.90. The summed E-state index contributed by atoms with van der Waals surface area (Å²) in [6, 6.07) is 0.863. The van der Waals surface area contributed by atoms with Crippen molar-refractivity contribution in [3.63, 3.8) is 0 Å². The molecule has 0 aliphatic carbocycles. The molecule has 0 saturated heterocycles. The number of hydrogen-bond donors (Lipinski definition) is 1. The zero-order valence-electron chi connectivity index (χ0n) is 7.61. The Kier molecular flexibility index (Phi) is 2.65. The molecule has 0 atom stereocenters. The lowest BCUT2D eigenvalue weighted by atomic mass is 10.4. The number of hydrogen-bond acceptors (Lipinski definition) is 5. The number of nitrogens with zero attached hydrogens (tertiary/aromatic N) is 3. The summed E-state index contributed by atoms with van der Waals surface area (Å²) in [6.07, 6.45) is 0. The second-order valence-corrected chi connectivity index (χ2v) is 2.89. The zero-order chi connectivity index (χ0) is 9.14. The lowest BCUT2D eigenvalue weighted by molar-refractivity contribution is 0.482. The average molecular weight is 170 g/mol. The van der Waals surface area contributed by atoms with E-state index in [9.17, 15) is 0 Å². The van der Waals surface area contributed by atoms with Crippen molar-refractivity contribution in [1.29, 1.82) is 0 Å². The average Bonchev–Trinajstić information content (AvgIpc) is 2.50. The van der Waals surface area contributed by atoms with Crippen molar-refractivity contribution in [2.24, 2.45) is 5.73 Å². The molecule has 1 aromatic heterocycles. The van der Waals surface area contributed by atoms with Crippen molar-refractivity contribution in [3.8, 4) is 0 Å². The third-order valence-electron chi connectivity index (χ3n) is 1.71. The van der Waals surface area contributed by atoms with Crippen molar-refractivity contribution in [2.75, 3.05) is 11.9 Å². The predicted octanol–water partition coefficient (Wildman–Crippen LogP) is 0.373. The van der Waals surface area contributed by atoms with Crippen molar-refractivity contribution in [3.05, 3.63) is 5.89 Å². The van der Waals surface area contributed by atoms with Crippen LogP contribution >= 0.6 is 0 Å². The molecule has 0 saturated carbocycles. The highest BCUT2D eigenvalue weighted by Gasteiger charge is 2.11. The van der Waals surface area contributed by atoms with Gasteiger partial charge in [-0.1, -0.05) is 5.10 Å². The second kappa shape index (κ2) is 3.53. The Morgan fingerprint density at radius 2 is 2.17 bits per heavy atom. The first kappa shape index (κ1) is 8.99. The number of anilines is 1. The minimum Gasteiger partial charge on any atom is -0.407 e. The Labute approximate surface area is 71.6 Å². The van der Waals surface area contributed by atoms with E-state index < -0.39 is 0 Å². The fourth-order valence-corrected chi connectivity index (χ4v) is 0.691. The van der Waals surface area contributed by atoms with Crippen LogP contribution in [0.2, 0.25) is 0 Å². The zero-order valence-corrected chi connectivity index (χ0v) is 7.61. The standard InChI is InChI=1S/C7H14N4O/c1-5(2)11(3)7-10-9-6(4-8)12-7/h5H,4,8H2,1-3H3. The van der Waals surface area contributed by atoms with Gasteiger partial charge in [-0.25, -0.2) is 0 Å². The SMILES string of the molecule is CC(C)N(C)c1nnc(CN)o1. The van der Waals surface area contributed by atoms with E-state index in [1.165, 1.54) is 0 Å². The maximum Gasteiger partial charge on any atom is 0.318 e. The molecule has 2 N–H and O–H groups in total. The van der Waals surface area contributed by atoms with E-state index in [0.29, 0.717) is 24.5 Å². The van der Waals surface area contributed by atoms with Crippen LogP contribution in [0.25, 0.3) is 0 Å². The van der Waals surface area contributed by atoms with Gasteiger partial charge < -0.3 is 15.1 Å². The molecule has 1 heterocycles. The normalized spacial score (nSPS) is 10.8. The second-order valence-electron chi connectivity index (χ2n) is 2.89. The molecule has 5 heteroatoms. The van der Waals surface area contributed by atoms with Gasteiger partial charge in [0.1, 0.15) is 0 Å². The predicted molar refractivity (Wildman–Crippen MR) is 45.7 cm³/mol. The Hall–Kier alpha value is -1.10. The first-order valence-electron chi connectivity index (χ1n) is 3.90. The van der Waals surface area contributed by atoms with Crippen LogP contribution in [0.1, 0.15) is 19.7 Å². The molecule has 0 bridgehead atoms. The van der Waals surface area contributed by atoms with E-state index in [0.717, 1.165) is 0 Å². The van der Waals surface area contributed by atoms with Crippen molar-refractivity contribution < 1.29 is 4.42 Å². The summed E-state index contributed by atoms with van der Waals surface area (Å²) in [5.41, 5.74) is 5.32. The van der Waals surface area contributed by atoms with Gasteiger partial charge >= 0.3 is 6.01 Å². The Morgan fingerprint density at radius 3 is 2.58 bits per heavy atom.